The van der Waals surface area contributed by atoms with E-state index in [1.54, 1.807) is 24.5 Å². The highest BCUT2D eigenvalue weighted by atomic mass is 16.5. The van der Waals surface area contributed by atoms with Gasteiger partial charge in [0, 0.05) is 12.4 Å². The first-order chi connectivity index (χ1) is 8.81. The fourth-order valence-electron chi connectivity index (χ4n) is 1.60. The second-order valence-electron chi connectivity index (χ2n) is 3.79. The van der Waals surface area contributed by atoms with Gasteiger partial charge in [0.2, 0.25) is 11.7 Å². The summed E-state index contributed by atoms with van der Waals surface area (Å²) in [4.78, 5) is 11.2. The van der Waals surface area contributed by atoms with Crippen LogP contribution in [0.25, 0.3) is 11.6 Å². The molecule has 18 heavy (non-hydrogen) atoms. The van der Waals surface area contributed by atoms with Gasteiger partial charge in [-0.25, -0.2) is 4.98 Å². The van der Waals surface area contributed by atoms with Gasteiger partial charge in [-0.1, -0.05) is 17.3 Å². The van der Waals surface area contributed by atoms with Gasteiger partial charge in [-0.2, -0.15) is 4.98 Å². The van der Waals surface area contributed by atoms with Crippen molar-refractivity contribution in [2.45, 2.75) is 6.42 Å². The first-order valence-electron chi connectivity index (χ1n) is 5.41. The predicted octanol–water partition coefficient (Wildman–Crippen LogP) is 1.76. The maximum Gasteiger partial charge on any atom is 0.238 e. The van der Waals surface area contributed by atoms with E-state index < -0.39 is 0 Å². The highest BCUT2D eigenvalue weighted by Gasteiger charge is 2.10. The molecule has 90 valence electrons. The van der Waals surface area contributed by atoms with Crippen LogP contribution in [0.3, 0.4) is 0 Å². The molecule has 6 heteroatoms. The minimum absolute atomic E-state index is 0.237. The highest BCUT2D eigenvalue weighted by molar-refractivity contribution is 5.41. The number of benzene rings is 1. The quantitative estimate of drug-likeness (QED) is 0.730. The van der Waals surface area contributed by atoms with Gasteiger partial charge in [0.05, 0.1) is 6.42 Å². The number of aromatic amines is 1. The number of nitrogens with one attached hydrogen (secondary N) is 1. The molecule has 0 unspecified atom stereocenters. The number of phenols is 1. The summed E-state index contributed by atoms with van der Waals surface area (Å²) in [5, 5.41) is 13.0. The zero-order valence-electron chi connectivity index (χ0n) is 9.37. The second-order valence-corrected chi connectivity index (χ2v) is 3.79. The van der Waals surface area contributed by atoms with E-state index in [0.29, 0.717) is 24.0 Å². The largest absolute Gasteiger partial charge is 0.508 e. The Morgan fingerprint density at radius 2 is 2.06 bits per heavy atom. The highest BCUT2D eigenvalue weighted by Crippen LogP contribution is 2.15. The first kappa shape index (κ1) is 10.5. The normalized spacial score (nSPS) is 10.7. The molecule has 0 aliphatic rings. The Kier molecular flexibility index (Phi) is 2.53. The summed E-state index contributed by atoms with van der Waals surface area (Å²) in [6.45, 7) is 0. The third kappa shape index (κ3) is 2.08. The number of phenolic OH excluding ortho intramolecular Hbond substituents is 1. The van der Waals surface area contributed by atoms with Crippen molar-refractivity contribution in [3.63, 3.8) is 0 Å². The standard InChI is InChI=1S/C12H10N4O2/c17-9-3-1-8(2-4-9)7-10-15-12(16-18-10)11-13-5-6-14-11/h1-6,17H,7H2,(H,13,14). The lowest BCUT2D eigenvalue weighted by Crippen LogP contribution is -1.88. The van der Waals surface area contributed by atoms with Crippen LogP contribution in [0, 0.1) is 0 Å². The van der Waals surface area contributed by atoms with Crippen LogP contribution in [-0.2, 0) is 6.42 Å². The molecule has 2 heterocycles. The third-order valence-electron chi connectivity index (χ3n) is 2.47. The molecule has 1 aromatic carbocycles. The van der Waals surface area contributed by atoms with Gasteiger partial charge in [0.15, 0.2) is 5.82 Å². The zero-order chi connectivity index (χ0) is 12.4. The minimum Gasteiger partial charge on any atom is -0.508 e. The molecule has 2 N–H and O–H groups in total. The number of aromatic hydroxyl groups is 1. The molecule has 3 rings (SSSR count). The minimum atomic E-state index is 0.237. The molecule has 0 atom stereocenters. The molecule has 0 aliphatic heterocycles. The fraction of sp³-hybridized carbons (Fsp3) is 0.0833. The lowest BCUT2D eigenvalue weighted by molar-refractivity contribution is 0.385. The van der Waals surface area contributed by atoms with Crippen LogP contribution in [0.15, 0.2) is 41.2 Å². The Labute approximate surface area is 102 Å². The van der Waals surface area contributed by atoms with E-state index in [4.69, 9.17) is 4.52 Å². The van der Waals surface area contributed by atoms with Crippen molar-refractivity contribution in [3.05, 3.63) is 48.1 Å². The Bertz CT molecular complexity index is 628. The molecule has 3 aromatic rings. The lowest BCUT2D eigenvalue weighted by atomic mass is 10.1. The number of H-pyrrole nitrogens is 1. The van der Waals surface area contributed by atoms with Gasteiger partial charge >= 0.3 is 0 Å². The Balaban J connectivity index is 1.80. The Morgan fingerprint density at radius 1 is 1.22 bits per heavy atom. The van der Waals surface area contributed by atoms with Gasteiger partial charge in [-0.05, 0) is 17.7 Å². The molecule has 0 amide bonds. The third-order valence-corrected chi connectivity index (χ3v) is 2.47. The number of hydrogen-bond donors (Lipinski definition) is 2. The first-order valence-corrected chi connectivity index (χ1v) is 5.41. The van der Waals surface area contributed by atoms with E-state index in [1.165, 1.54) is 0 Å². The molecular weight excluding hydrogens is 232 g/mol. The van der Waals surface area contributed by atoms with Gasteiger partial charge in [-0.15, -0.1) is 0 Å². The van der Waals surface area contributed by atoms with Crippen LogP contribution in [0.4, 0.5) is 0 Å². The Morgan fingerprint density at radius 3 is 2.78 bits per heavy atom. The lowest BCUT2D eigenvalue weighted by Gasteiger charge is -1.96. The molecule has 0 bridgehead atoms. The molecule has 0 spiro atoms. The number of aromatic nitrogens is 4. The van der Waals surface area contributed by atoms with Crippen molar-refractivity contribution >= 4 is 0 Å². The van der Waals surface area contributed by atoms with Crippen molar-refractivity contribution in [2.75, 3.05) is 0 Å². The van der Waals surface area contributed by atoms with Crippen LogP contribution in [0.2, 0.25) is 0 Å². The molecule has 0 saturated heterocycles. The topological polar surface area (TPSA) is 87.8 Å². The summed E-state index contributed by atoms with van der Waals surface area (Å²) in [6.07, 6.45) is 3.85. The van der Waals surface area contributed by atoms with Gasteiger partial charge in [-0.3, -0.25) is 0 Å². The molecule has 0 radical (unpaired) electrons. The number of hydrogen-bond acceptors (Lipinski definition) is 5. The monoisotopic (exact) mass is 242 g/mol. The van der Waals surface area contributed by atoms with Crippen molar-refractivity contribution < 1.29 is 9.63 Å². The molecule has 0 fully saturated rings. The van der Waals surface area contributed by atoms with Crippen LogP contribution in [-0.4, -0.2) is 25.2 Å². The van der Waals surface area contributed by atoms with E-state index in [0.717, 1.165) is 5.56 Å². The van der Waals surface area contributed by atoms with Gasteiger partial charge in [0.25, 0.3) is 0 Å². The summed E-state index contributed by atoms with van der Waals surface area (Å²) in [5.74, 6) is 1.76. The zero-order valence-corrected chi connectivity index (χ0v) is 9.37. The number of nitrogens with zero attached hydrogens (tertiary/aromatic N) is 3. The van der Waals surface area contributed by atoms with E-state index in [2.05, 4.69) is 20.1 Å². The summed E-state index contributed by atoms with van der Waals surface area (Å²) in [7, 11) is 0. The van der Waals surface area contributed by atoms with Crippen LogP contribution in [0.5, 0.6) is 5.75 Å². The summed E-state index contributed by atoms with van der Waals surface area (Å²) < 4.78 is 5.14. The average molecular weight is 242 g/mol. The van der Waals surface area contributed by atoms with Crippen molar-refractivity contribution in [2.24, 2.45) is 0 Å². The van der Waals surface area contributed by atoms with Crippen molar-refractivity contribution in [1.82, 2.24) is 20.1 Å². The maximum absolute atomic E-state index is 9.19. The molecule has 2 aromatic heterocycles. The average Bonchev–Trinajstić information content (AvgIpc) is 3.02. The van der Waals surface area contributed by atoms with E-state index in [1.807, 2.05) is 12.1 Å². The number of imidazole rings is 1. The Hall–Kier alpha value is -2.63. The molecule has 0 aliphatic carbocycles. The van der Waals surface area contributed by atoms with Crippen LogP contribution in [0.1, 0.15) is 11.5 Å². The predicted molar refractivity (Wildman–Crippen MR) is 62.8 cm³/mol. The summed E-state index contributed by atoms with van der Waals surface area (Å²) in [5.41, 5.74) is 0.988. The fourth-order valence-corrected chi connectivity index (χ4v) is 1.60. The second kappa shape index (κ2) is 4.33. The molecule has 6 nitrogen and oxygen atoms in total. The molecular formula is C12H10N4O2. The number of rotatable bonds is 3. The molecule has 0 saturated carbocycles. The van der Waals surface area contributed by atoms with Crippen molar-refractivity contribution in [1.29, 1.82) is 0 Å². The SMILES string of the molecule is Oc1ccc(Cc2nc(-c3ncc[nH]3)no2)cc1. The smallest absolute Gasteiger partial charge is 0.238 e. The van der Waals surface area contributed by atoms with Gasteiger partial charge < -0.3 is 14.6 Å². The summed E-state index contributed by atoms with van der Waals surface area (Å²) >= 11 is 0. The van der Waals surface area contributed by atoms with E-state index in [9.17, 15) is 5.11 Å². The van der Waals surface area contributed by atoms with Crippen LogP contribution >= 0.6 is 0 Å². The maximum atomic E-state index is 9.19. The van der Waals surface area contributed by atoms with E-state index >= 15 is 0 Å². The van der Waals surface area contributed by atoms with Gasteiger partial charge in [0.1, 0.15) is 5.75 Å². The van der Waals surface area contributed by atoms with Crippen LogP contribution < -0.4 is 0 Å². The van der Waals surface area contributed by atoms with Crippen molar-refractivity contribution in [3.8, 4) is 17.4 Å². The summed E-state index contributed by atoms with van der Waals surface area (Å²) in [6, 6.07) is 6.87. The van der Waals surface area contributed by atoms with E-state index in [-0.39, 0.29) is 5.75 Å².